The van der Waals surface area contributed by atoms with Gasteiger partial charge < -0.3 is 10.3 Å². The first-order chi connectivity index (χ1) is 12.8. The highest BCUT2D eigenvalue weighted by molar-refractivity contribution is 5.90. The normalized spacial score (nSPS) is 16.7. The standard InChI is InChI=1S/C20H19N5O/c26-20(22-11-17-14-8-4-10-21-19(14)25-24-17)15-7-3-6-13-12-5-1-2-9-16(12)23-18(13)15/h1-2,4-5,8-10,15,23H,3,6-7,11H2,(H,22,26)(H,21,24,25). The summed E-state index contributed by atoms with van der Waals surface area (Å²) in [6.07, 6.45) is 4.64. The molecule has 5 rings (SSSR count). The number of fused-ring (bicyclic) bond motifs is 4. The van der Waals surface area contributed by atoms with Crippen LogP contribution in [0.25, 0.3) is 21.9 Å². The van der Waals surface area contributed by atoms with E-state index in [0.717, 1.165) is 41.6 Å². The summed E-state index contributed by atoms with van der Waals surface area (Å²) < 4.78 is 0. The van der Waals surface area contributed by atoms with E-state index in [1.807, 2.05) is 18.2 Å². The highest BCUT2D eigenvalue weighted by atomic mass is 16.1. The largest absolute Gasteiger partial charge is 0.357 e. The van der Waals surface area contributed by atoms with Gasteiger partial charge in [0, 0.05) is 28.2 Å². The van der Waals surface area contributed by atoms with Crippen molar-refractivity contribution in [2.45, 2.75) is 31.7 Å². The fourth-order valence-electron chi connectivity index (χ4n) is 4.01. The quantitative estimate of drug-likeness (QED) is 0.533. The molecule has 6 nitrogen and oxygen atoms in total. The molecule has 0 spiro atoms. The number of nitrogens with one attached hydrogen (secondary N) is 3. The summed E-state index contributed by atoms with van der Waals surface area (Å²) in [5, 5.41) is 12.4. The molecule has 3 aromatic heterocycles. The molecule has 0 bridgehead atoms. The van der Waals surface area contributed by atoms with Crippen LogP contribution in [0.1, 0.15) is 35.7 Å². The molecular formula is C20H19N5O. The van der Waals surface area contributed by atoms with Crippen molar-refractivity contribution in [3.63, 3.8) is 0 Å². The van der Waals surface area contributed by atoms with Crippen LogP contribution in [0.3, 0.4) is 0 Å². The number of pyridine rings is 1. The number of aromatic nitrogens is 4. The summed E-state index contributed by atoms with van der Waals surface area (Å²) >= 11 is 0. The van der Waals surface area contributed by atoms with Gasteiger partial charge in [0.15, 0.2) is 5.65 Å². The molecule has 0 aliphatic heterocycles. The van der Waals surface area contributed by atoms with Gasteiger partial charge in [-0.1, -0.05) is 18.2 Å². The van der Waals surface area contributed by atoms with Crippen molar-refractivity contribution in [1.82, 2.24) is 25.5 Å². The van der Waals surface area contributed by atoms with Gasteiger partial charge in [0.1, 0.15) is 0 Å². The molecule has 3 heterocycles. The second-order valence-electron chi connectivity index (χ2n) is 6.80. The van der Waals surface area contributed by atoms with Gasteiger partial charge in [-0.15, -0.1) is 0 Å². The van der Waals surface area contributed by atoms with Crippen molar-refractivity contribution in [3.05, 3.63) is 59.5 Å². The number of carbonyl (C=O) groups is 1. The van der Waals surface area contributed by atoms with Crippen molar-refractivity contribution in [3.8, 4) is 0 Å². The van der Waals surface area contributed by atoms with Gasteiger partial charge >= 0.3 is 0 Å². The first kappa shape index (κ1) is 15.1. The fraction of sp³-hybridized carbons (Fsp3) is 0.250. The molecule has 0 fully saturated rings. The number of nitrogens with zero attached hydrogens (tertiary/aromatic N) is 2. The van der Waals surface area contributed by atoms with E-state index in [9.17, 15) is 4.79 Å². The van der Waals surface area contributed by atoms with Crippen molar-refractivity contribution in [2.75, 3.05) is 0 Å². The van der Waals surface area contributed by atoms with E-state index < -0.39 is 0 Å². The fourth-order valence-corrected chi connectivity index (χ4v) is 4.01. The van der Waals surface area contributed by atoms with Gasteiger partial charge in [0.2, 0.25) is 5.91 Å². The van der Waals surface area contributed by atoms with Crippen molar-refractivity contribution in [2.24, 2.45) is 0 Å². The lowest BCUT2D eigenvalue weighted by Gasteiger charge is -2.22. The first-order valence-corrected chi connectivity index (χ1v) is 8.96. The van der Waals surface area contributed by atoms with Gasteiger partial charge in [-0.05, 0) is 43.0 Å². The molecule has 1 amide bonds. The molecule has 1 unspecified atom stereocenters. The topological polar surface area (TPSA) is 86.5 Å². The lowest BCUT2D eigenvalue weighted by atomic mass is 9.86. The summed E-state index contributed by atoms with van der Waals surface area (Å²) in [4.78, 5) is 20.6. The van der Waals surface area contributed by atoms with Gasteiger partial charge in [-0.25, -0.2) is 4.98 Å². The predicted octanol–water partition coefficient (Wildman–Crippen LogP) is 3.18. The molecule has 4 aromatic rings. The third-order valence-corrected chi connectivity index (χ3v) is 5.28. The molecular weight excluding hydrogens is 326 g/mol. The van der Waals surface area contributed by atoms with Crippen LogP contribution in [0.5, 0.6) is 0 Å². The predicted molar refractivity (Wildman–Crippen MR) is 99.7 cm³/mol. The van der Waals surface area contributed by atoms with Gasteiger partial charge in [0.25, 0.3) is 0 Å². The number of aryl methyl sites for hydroxylation is 1. The zero-order valence-corrected chi connectivity index (χ0v) is 14.2. The number of H-pyrrole nitrogens is 2. The zero-order chi connectivity index (χ0) is 17.5. The summed E-state index contributed by atoms with van der Waals surface area (Å²) in [5.41, 5.74) is 5.04. The lowest BCUT2D eigenvalue weighted by Crippen LogP contribution is -2.31. The first-order valence-electron chi connectivity index (χ1n) is 8.96. The van der Waals surface area contributed by atoms with E-state index in [1.165, 1.54) is 10.9 Å². The molecule has 1 aliphatic rings. The van der Waals surface area contributed by atoms with E-state index >= 15 is 0 Å². The van der Waals surface area contributed by atoms with Crippen molar-refractivity contribution in [1.29, 1.82) is 0 Å². The average Bonchev–Trinajstić information content (AvgIpc) is 3.27. The minimum Gasteiger partial charge on any atom is -0.357 e. The lowest BCUT2D eigenvalue weighted by molar-refractivity contribution is -0.123. The molecule has 1 aromatic carbocycles. The van der Waals surface area contributed by atoms with Gasteiger partial charge in [-0.3, -0.25) is 9.89 Å². The maximum atomic E-state index is 12.9. The van der Waals surface area contributed by atoms with Crippen LogP contribution in [-0.2, 0) is 17.8 Å². The van der Waals surface area contributed by atoms with Crippen molar-refractivity contribution < 1.29 is 4.79 Å². The minimum absolute atomic E-state index is 0.0594. The van der Waals surface area contributed by atoms with Crippen LogP contribution in [-0.4, -0.2) is 26.1 Å². The van der Waals surface area contributed by atoms with E-state index in [2.05, 4.69) is 43.7 Å². The Kier molecular flexibility index (Phi) is 3.48. The Morgan fingerprint density at radius 3 is 3.04 bits per heavy atom. The Balaban J connectivity index is 1.40. The Bertz CT molecular complexity index is 1110. The molecule has 0 radical (unpaired) electrons. The SMILES string of the molecule is O=C(NCc1[nH]nc2ncccc12)C1CCCc2c1[nH]c1ccccc21. The van der Waals surface area contributed by atoms with E-state index in [4.69, 9.17) is 0 Å². The molecule has 6 heteroatoms. The van der Waals surface area contributed by atoms with E-state index in [1.54, 1.807) is 6.20 Å². The number of carbonyl (C=O) groups excluding carboxylic acids is 1. The van der Waals surface area contributed by atoms with Gasteiger partial charge in [0.05, 0.1) is 18.2 Å². The second-order valence-corrected chi connectivity index (χ2v) is 6.80. The number of amides is 1. The number of para-hydroxylation sites is 1. The van der Waals surface area contributed by atoms with E-state index in [0.29, 0.717) is 12.2 Å². The van der Waals surface area contributed by atoms with Crippen LogP contribution in [0, 0.1) is 0 Å². The second kappa shape index (κ2) is 5.98. The minimum atomic E-state index is -0.126. The molecule has 1 aliphatic carbocycles. The zero-order valence-electron chi connectivity index (χ0n) is 14.2. The summed E-state index contributed by atoms with van der Waals surface area (Å²) in [6, 6.07) is 12.1. The smallest absolute Gasteiger partial charge is 0.229 e. The van der Waals surface area contributed by atoms with Crippen LogP contribution < -0.4 is 5.32 Å². The number of benzene rings is 1. The number of hydrogen-bond acceptors (Lipinski definition) is 3. The third-order valence-electron chi connectivity index (χ3n) is 5.28. The van der Waals surface area contributed by atoms with Crippen LogP contribution in [0.4, 0.5) is 0 Å². The maximum absolute atomic E-state index is 12.9. The summed E-state index contributed by atoms with van der Waals surface area (Å²) in [7, 11) is 0. The number of hydrogen-bond donors (Lipinski definition) is 3. The Labute approximate surface area is 150 Å². The molecule has 130 valence electrons. The average molecular weight is 345 g/mol. The maximum Gasteiger partial charge on any atom is 0.229 e. The molecule has 1 atom stereocenters. The highest BCUT2D eigenvalue weighted by Crippen LogP contribution is 2.36. The monoisotopic (exact) mass is 345 g/mol. The number of aromatic amines is 2. The van der Waals surface area contributed by atoms with Crippen LogP contribution in [0.2, 0.25) is 0 Å². The third kappa shape index (κ3) is 2.37. The molecule has 3 N–H and O–H groups in total. The van der Waals surface area contributed by atoms with Crippen molar-refractivity contribution >= 4 is 27.8 Å². The Morgan fingerprint density at radius 1 is 1.19 bits per heavy atom. The Morgan fingerprint density at radius 2 is 2.08 bits per heavy atom. The molecule has 0 saturated heterocycles. The molecule has 26 heavy (non-hydrogen) atoms. The Hall–Kier alpha value is -3.15. The van der Waals surface area contributed by atoms with Gasteiger partial charge in [-0.2, -0.15) is 5.10 Å². The molecule has 0 saturated carbocycles. The number of rotatable bonds is 3. The summed E-state index contributed by atoms with van der Waals surface area (Å²) in [5.74, 6) is -0.0670. The summed E-state index contributed by atoms with van der Waals surface area (Å²) in [6.45, 7) is 0.424. The van der Waals surface area contributed by atoms with E-state index in [-0.39, 0.29) is 11.8 Å². The van der Waals surface area contributed by atoms with Crippen LogP contribution >= 0.6 is 0 Å². The highest BCUT2D eigenvalue weighted by Gasteiger charge is 2.29. The van der Waals surface area contributed by atoms with Crippen LogP contribution in [0.15, 0.2) is 42.6 Å².